The van der Waals surface area contributed by atoms with E-state index in [0.29, 0.717) is 13.1 Å². The fourth-order valence-corrected chi connectivity index (χ4v) is 1.75. The highest BCUT2D eigenvalue weighted by Crippen LogP contribution is 2.17. The molecule has 0 aliphatic carbocycles. The van der Waals surface area contributed by atoms with Gasteiger partial charge in [-0.1, -0.05) is 6.92 Å². The van der Waals surface area contributed by atoms with Crippen molar-refractivity contribution in [3.8, 4) is 0 Å². The van der Waals surface area contributed by atoms with Gasteiger partial charge in [-0.05, 0) is 27.2 Å². The number of amides is 2. The van der Waals surface area contributed by atoms with Gasteiger partial charge in [-0.25, -0.2) is 9.59 Å². The lowest BCUT2D eigenvalue weighted by molar-refractivity contribution is -0.147. The molecule has 18 heavy (non-hydrogen) atoms. The Morgan fingerprint density at radius 2 is 1.72 bits per heavy atom. The summed E-state index contributed by atoms with van der Waals surface area (Å²) in [6.07, 6.45) is 0.761. The third-order valence-corrected chi connectivity index (χ3v) is 2.88. The lowest BCUT2D eigenvalue weighted by atomic mass is 10.0. The number of carbonyl (C=O) groups is 2. The minimum Gasteiger partial charge on any atom is -0.480 e. The van der Waals surface area contributed by atoms with Crippen LogP contribution in [0.2, 0.25) is 0 Å². The molecule has 0 spiro atoms. The molecule has 0 aliphatic heterocycles. The van der Waals surface area contributed by atoms with Gasteiger partial charge in [0.2, 0.25) is 0 Å². The lowest BCUT2D eigenvalue weighted by Gasteiger charge is -2.38. The van der Waals surface area contributed by atoms with Gasteiger partial charge in [0.1, 0.15) is 5.54 Å². The third kappa shape index (κ3) is 3.87. The van der Waals surface area contributed by atoms with Crippen LogP contribution < -0.4 is 0 Å². The molecule has 0 saturated carbocycles. The van der Waals surface area contributed by atoms with Crippen molar-refractivity contribution < 1.29 is 19.8 Å². The molecule has 0 aliphatic rings. The number of rotatable bonds is 7. The van der Waals surface area contributed by atoms with E-state index in [4.69, 9.17) is 5.11 Å². The molecule has 0 rings (SSSR count). The summed E-state index contributed by atoms with van der Waals surface area (Å²) in [4.78, 5) is 26.3. The number of aliphatic hydroxyl groups is 1. The number of carbonyl (C=O) groups excluding carboxylic acids is 1. The molecule has 0 aromatic heterocycles. The van der Waals surface area contributed by atoms with Crippen molar-refractivity contribution in [2.75, 3.05) is 26.2 Å². The number of hydrogen-bond acceptors (Lipinski definition) is 3. The second-order valence-corrected chi connectivity index (χ2v) is 4.60. The molecule has 0 bridgehead atoms. The van der Waals surface area contributed by atoms with E-state index in [2.05, 4.69) is 0 Å². The smallest absolute Gasteiger partial charge is 0.329 e. The number of hydrogen-bond donors (Lipinski definition) is 2. The van der Waals surface area contributed by atoms with E-state index in [1.807, 2.05) is 6.92 Å². The highest BCUT2D eigenvalue weighted by atomic mass is 16.4. The molecule has 6 heteroatoms. The molecule has 0 radical (unpaired) electrons. The van der Waals surface area contributed by atoms with Crippen LogP contribution in [-0.4, -0.2) is 63.8 Å². The molecular formula is C12H24N2O4. The standard InChI is InChI=1S/C12H24N2O4/c1-5-7-13(8-9-15)11(18)14(6-2)12(3,4)10(16)17/h15H,5-9H2,1-4H3,(H,16,17). The first-order chi connectivity index (χ1) is 8.32. The monoisotopic (exact) mass is 260 g/mol. The average Bonchev–Trinajstić information content (AvgIpc) is 2.28. The van der Waals surface area contributed by atoms with Gasteiger partial charge >= 0.3 is 12.0 Å². The van der Waals surface area contributed by atoms with Gasteiger partial charge < -0.3 is 20.0 Å². The maximum absolute atomic E-state index is 12.3. The van der Waals surface area contributed by atoms with E-state index in [-0.39, 0.29) is 19.2 Å². The molecule has 2 amide bonds. The Morgan fingerprint density at radius 1 is 1.17 bits per heavy atom. The zero-order chi connectivity index (χ0) is 14.3. The molecule has 2 N–H and O–H groups in total. The number of aliphatic hydroxyl groups excluding tert-OH is 1. The zero-order valence-electron chi connectivity index (χ0n) is 11.6. The van der Waals surface area contributed by atoms with Crippen molar-refractivity contribution in [1.29, 1.82) is 0 Å². The van der Waals surface area contributed by atoms with Crippen LogP contribution in [0.4, 0.5) is 4.79 Å². The quantitative estimate of drug-likeness (QED) is 0.715. The van der Waals surface area contributed by atoms with Crippen molar-refractivity contribution >= 4 is 12.0 Å². The molecule has 0 unspecified atom stereocenters. The predicted octanol–water partition coefficient (Wildman–Crippen LogP) is 0.996. The zero-order valence-corrected chi connectivity index (χ0v) is 11.6. The molecule has 0 aromatic rings. The van der Waals surface area contributed by atoms with Crippen LogP contribution in [-0.2, 0) is 4.79 Å². The molecule has 106 valence electrons. The largest absolute Gasteiger partial charge is 0.480 e. The number of aliphatic carboxylic acids is 1. The number of likely N-dealkylation sites (N-methyl/N-ethyl adjacent to an activating group) is 1. The third-order valence-electron chi connectivity index (χ3n) is 2.88. The first-order valence-corrected chi connectivity index (χ1v) is 6.23. The van der Waals surface area contributed by atoms with Crippen LogP contribution in [0.1, 0.15) is 34.1 Å². The summed E-state index contributed by atoms with van der Waals surface area (Å²) in [5.41, 5.74) is -1.26. The summed E-state index contributed by atoms with van der Waals surface area (Å²) in [6, 6.07) is -0.346. The first-order valence-electron chi connectivity index (χ1n) is 6.23. The highest BCUT2D eigenvalue weighted by molar-refractivity contribution is 5.85. The number of carboxylic acids is 1. The molecule has 6 nitrogen and oxygen atoms in total. The maximum Gasteiger partial charge on any atom is 0.329 e. The van der Waals surface area contributed by atoms with E-state index >= 15 is 0 Å². The van der Waals surface area contributed by atoms with Crippen LogP contribution >= 0.6 is 0 Å². The van der Waals surface area contributed by atoms with Gasteiger partial charge in [0, 0.05) is 19.6 Å². The van der Waals surface area contributed by atoms with E-state index < -0.39 is 11.5 Å². The van der Waals surface area contributed by atoms with E-state index in [9.17, 15) is 14.7 Å². The Bertz CT molecular complexity index is 286. The van der Waals surface area contributed by atoms with Gasteiger partial charge in [-0.3, -0.25) is 0 Å². The number of carboxylic acid groups (broad SMARTS) is 1. The normalized spacial score (nSPS) is 11.2. The Balaban J connectivity index is 5.03. The average molecular weight is 260 g/mol. The fourth-order valence-electron chi connectivity index (χ4n) is 1.75. The maximum atomic E-state index is 12.3. The van der Waals surface area contributed by atoms with Crippen LogP contribution in [0.3, 0.4) is 0 Å². The predicted molar refractivity (Wildman–Crippen MR) is 68.4 cm³/mol. The Labute approximate surface area is 108 Å². The number of nitrogens with zero attached hydrogens (tertiary/aromatic N) is 2. The van der Waals surface area contributed by atoms with E-state index in [0.717, 1.165) is 6.42 Å². The summed E-state index contributed by atoms with van der Waals surface area (Å²) >= 11 is 0. The molecular weight excluding hydrogens is 236 g/mol. The summed E-state index contributed by atoms with van der Waals surface area (Å²) in [5, 5.41) is 18.1. The van der Waals surface area contributed by atoms with Gasteiger partial charge in [0.25, 0.3) is 0 Å². The van der Waals surface area contributed by atoms with Gasteiger partial charge in [-0.2, -0.15) is 0 Å². The van der Waals surface area contributed by atoms with Crippen molar-refractivity contribution in [1.82, 2.24) is 9.80 Å². The van der Waals surface area contributed by atoms with Crippen molar-refractivity contribution in [2.24, 2.45) is 0 Å². The first kappa shape index (κ1) is 16.7. The highest BCUT2D eigenvalue weighted by Gasteiger charge is 2.38. The van der Waals surface area contributed by atoms with Gasteiger partial charge in [-0.15, -0.1) is 0 Å². The summed E-state index contributed by atoms with van der Waals surface area (Å²) in [6.45, 7) is 7.58. The topological polar surface area (TPSA) is 81.1 Å². The second kappa shape index (κ2) is 7.20. The second-order valence-electron chi connectivity index (χ2n) is 4.60. The minimum absolute atomic E-state index is 0.128. The Kier molecular flexibility index (Phi) is 6.68. The Hall–Kier alpha value is -1.30. The van der Waals surface area contributed by atoms with Crippen LogP contribution in [0.25, 0.3) is 0 Å². The molecule has 0 atom stereocenters. The van der Waals surface area contributed by atoms with Gasteiger partial charge in [0.05, 0.1) is 6.61 Å². The van der Waals surface area contributed by atoms with Crippen molar-refractivity contribution in [3.63, 3.8) is 0 Å². The fraction of sp³-hybridized carbons (Fsp3) is 0.833. The SMILES string of the molecule is CCCN(CCO)C(=O)N(CC)C(C)(C)C(=O)O. The minimum atomic E-state index is -1.26. The van der Waals surface area contributed by atoms with Crippen LogP contribution in [0.15, 0.2) is 0 Å². The van der Waals surface area contributed by atoms with Crippen molar-refractivity contribution in [3.05, 3.63) is 0 Å². The molecule has 0 heterocycles. The van der Waals surface area contributed by atoms with Crippen LogP contribution in [0.5, 0.6) is 0 Å². The molecule has 0 aromatic carbocycles. The number of urea groups is 1. The molecule has 0 fully saturated rings. The lowest BCUT2D eigenvalue weighted by Crippen LogP contribution is -2.57. The Morgan fingerprint density at radius 3 is 2.06 bits per heavy atom. The summed E-state index contributed by atoms with van der Waals surface area (Å²) < 4.78 is 0. The van der Waals surface area contributed by atoms with Crippen LogP contribution in [0, 0.1) is 0 Å². The summed E-state index contributed by atoms with van der Waals surface area (Å²) in [7, 11) is 0. The van der Waals surface area contributed by atoms with Gasteiger partial charge in [0.15, 0.2) is 0 Å². The summed E-state index contributed by atoms with van der Waals surface area (Å²) in [5.74, 6) is -1.04. The van der Waals surface area contributed by atoms with E-state index in [1.54, 1.807) is 6.92 Å². The molecule has 0 saturated heterocycles. The van der Waals surface area contributed by atoms with E-state index in [1.165, 1.54) is 23.6 Å². The van der Waals surface area contributed by atoms with Crippen molar-refractivity contribution in [2.45, 2.75) is 39.7 Å².